The standard InChI is InChI=1S/C8H5N5OS/c14-7-5-8(15-3-11-5)13-6-4(12-7)1-9-2-10-6/h1-3H,(H,12,14)(H,9,10,13). The molecule has 1 aliphatic rings. The van der Waals surface area contributed by atoms with Crippen molar-refractivity contribution in [3.8, 4) is 0 Å². The summed E-state index contributed by atoms with van der Waals surface area (Å²) in [5.74, 6) is 0.341. The molecule has 15 heavy (non-hydrogen) atoms. The van der Waals surface area contributed by atoms with E-state index >= 15 is 0 Å². The average molecular weight is 219 g/mol. The maximum Gasteiger partial charge on any atom is 0.277 e. The van der Waals surface area contributed by atoms with Gasteiger partial charge < -0.3 is 10.6 Å². The lowest BCUT2D eigenvalue weighted by Crippen LogP contribution is -2.11. The Morgan fingerprint density at radius 2 is 2.20 bits per heavy atom. The van der Waals surface area contributed by atoms with Crippen LogP contribution < -0.4 is 10.6 Å². The molecule has 0 aromatic carbocycles. The van der Waals surface area contributed by atoms with Gasteiger partial charge in [-0.3, -0.25) is 4.79 Å². The minimum Gasteiger partial charge on any atom is -0.328 e. The zero-order valence-electron chi connectivity index (χ0n) is 7.39. The Morgan fingerprint density at radius 1 is 1.27 bits per heavy atom. The molecule has 0 radical (unpaired) electrons. The van der Waals surface area contributed by atoms with Crippen LogP contribution in [0, 0.1) is 0 Å². The number of rotatable bonds is 0. The number of hydrogen-bond donors (Lipinski definition) is 2. The fraction of sp³-hybridized carbons (Fsp3) is 0. The van der Waals surface area contributed by atoms with E-state index in [2.05, 4.69) is 25.6 Å². The first-order chi connectivity index (χ1) is 7.34. The molecule has 0 unspecified atom stereocenters. The number of nitrogens with zero attached hydrogens (tertiary/aromatic N) is 3. The van der Waals surface area contributed by atoms with Gasteiger partial charge in [-0.05, 0) is 0 Å². The van der Waals surface area contributed by atoms with Gasteiger partial charge in [0, 0.05) is 0 Å². The number of nitrogens with one attached hydrogen (secondary N) is 2. The average Bonchev–Trinajstić information content (AvgIpc) is 2.64. The topological polar surface area (TPSA) is 79.8 Å². The molecular weight excluding hydrogens is 214 g/mol. The molecule has 7 heteroatoms. The van der Waals surface area contributed by atoms with Gasteiger partial charge >= 0.3 is 0 Å². The lowest BCUT2D eigenvalue weighted by Gasteiger charge is -2.03. The normalized spacial score (nSPS) is 13.2. The summed E-state index contributed by atoms with van der Waals surface area (Å²) in [6.45, 7) is 0. The molecule has 0 saturated heterocycles. The van der Waals surface area contributed by atoms with E-state index in [1.807, 2.05) is 0 Å². The Bertz CT molecular complexity index is 537. The van der Waals surface area contributed by atoms with E-state index < -0.39 is 0 Å². The summed E-state index contributed by atoms with van der Waals surface area (Å²) in [5.41, 5.74) is 2.56. The maximum absolute atomic E-state index is 11.7. The number of thiazole rings is 1. The first-order valence-electron chi connectivity index (χ1n) is 4.16. The van der Waals surface area contributed by atoms with Crippen LogP contribution in [0.25, 0.3) is 0 Å². The second-order valence-corrected chi connectivity index (χ2v) is 3.75. The molecule has 3 rings (SSSR count). The van der Waals surface area contributed by atoms with Crippen molar-refractivity contribution in [3.63, 3.8) is 0 Å². The number of carbonyl (C=O) groups excluding carboxylic acids is 1. The lowest BCUT2D eigenvalue weighted by molar-refractivity contribution is 0.102. The zero-order chi connectivity index (χ0) is 10.3. The van der Waals surface area contributed by atoms with Gasteiger partial charge in [-0.15, -0.1) is 11.3 Å². The smallest absolute Gasteiger partial charge is 0.277 e. The van der Waals surface area contributed by atoms with E-state index in [0.29, 0.717) is 22.2 Å². The first-order valence-corrected chi connectivity index (χ1v) is 5.04. The monoisotopic (exact) mass is 219 g/mol. The lowest BCUT2D eigenvalue weighted by atomic mass is 10.4. The number of fused-ring (bicyclic) bond motifs is 2. The molecule has 1 aliphatic heterocycles. The summed E-state index contributed by atoms with van der Waals surface area (Å²) in [4.78, 5) is 23.5. The van der Waals surface area contributed by atoms with Crippen molar-refractivity contribution in [2.45, 2.75) is 0 Å². The third-order valence-electron chi connectivity index (χ3n) is 1.97. The first kappa shape index (κ1) is 8.30. The number of amides is 1. The van der Waals surface area contributed by atoms with Gasteiger partial charge in [-0.1, -0.05) is 0 Å². The van der Waals surface area contributed by atoms with Crippen LogP contribution in [-0.2, 0) is 0 Å². The number of anilines is 3. The highest BCUT2D eigenvalue weighted by atomic mass is 32.1. The van der Waals surface area contributed by atoms with Crippen LogP contribution in [0.4, 0.5) is 16.5 Å². The van der Waals surface area contributed by atoms with Crippen LogP contribution in [0.3, 0.4) is 0 Å². The molecule has 0 saturated carbocycles. The molecule has 0 atom stereocenters. The van der Waals surface area contributed by atoms with Gasteiger partial charge in [0.1, 0.15) is 17.0 Å². The summed E-state index contributed by atoms with van der Waals surface area (Å²) in [6.07, 6.45) is 2.97. The largest absolute Gasteiger partial charge is 0.328 e. The maximum atomic E-state index is 11.7. The van der Waals surface area contributed by atoms with Crippen LogP contribution in [0.2, 0.25) is 0 Å². The van der Waals surface area contributed by atoms with Crippen LogP contribution in [0.15, 0.2) is 18.0 Å². The number of hydrogen-bond acceptors (Lipinski definition) is 6. The Kier molecular flexibility index (Phi) is 1.65. The molecule has 6 nitrogen and oxygen atoms in total. The highest BCUT2D eigenvalue weighted by molar-refractivity contribution is 7.14. The van der Waals surface area contributed by atoms with Crippen LogP contribution in [0.1, 0.15) is 10.5 Å². The molecule has 74 valence electrons. The molecule has 1 amide bonds. The summed E-state index contributed by atoms with van der Waals surface area (Å²) < 4.78 is 0. The van der Waals surface area contributed by atoms with Crippen LogP contribution in [-0.4, -0.2) is 20.9 Å². The van der Waals surface area contributed by atoms with Crippen molar-refractivity contribution >= 4 is 33.8 Å². The second kappa shape index (κ2) is 2.99. The number of carbonyl (C=O) groups is 1. The molecule has 2 N–H and O–H groups in total. The van der Waals surface area contributed by atoms with Crippen LogP contribution in [0.5, 0.6) is 0 Å². The van der Waals surface area contributed by atoms with E-state index in [-0.39, 0.29) is 5.91 Å². The van der Waals surface area contributed by atoms with Crippen molar-refractivity contribution in [2.24, 2.45) is 0 Å². The SMILES string of the molecule is O=C1Nc2cncnc2Nc2scnc21. The predicted octanol–water partition coefficient (Wildman–Crippen LogP) is 1.24. The van der Waals surface area contributed by atoms with Crippen molar-refractivity contribution in [3.05, 3.63) is 23.7 Å². The fourth-order valence-corrected chi connectivity index (χ4v) is 1.98. The highest BCUT2D eigenvalue weighted by Gasteiger charge is 2.21. The quantitative estimate of drug-likeness (QED) is 0.696. The van der Waals surface area contributed by atoms with Gasteiger partial charge in [0.05, 0.1) is 11.7 Å². The van der Waals surface area contributed by atoms with Crippen LogP contribution >= 0.6 is 11.3 Å². The van der Waals surface area contributed by atoms with Crippen molar-refractivity contribution < 1.29 is 4.79 Å². The molecule has 0 spiro atoms. The van der Waals surface area contributed by atoms with E-state index in [1.165, 1.54) is 17.7 Å². The molecule has 2 aromatic rings. The van der Waals surface area contributed by atoms with E-state index in [4.69, 9.17) is 0 Å². The summed E-state index contributed by atoms with van der Waals surface area (Å²) in [5, 5.41) is 6.42. The molecule has 0 fully saturated rings. The second-order valence-electron chi connectivity index (χ2n) is 2.89. The summed E-state index contributed by atoms with van der Waals surface area (Å²) >= 11 is 1.36. The van der Waals surface area contributed by atoms with Crippen molar-refractivity contribution in [1.29, 1.82) is 0 Å². The Balaban J connectivity index is 2.18. The zero-order valence-corrected chi connectivity index (χ0v) is 8.21. The minimum atomic E-state index is -0.243. The summed E-state index contributed by atoms with van der Waals surface area (Å²) in [7, 11) is 0. The Hall–Kier alpha value is -2.02. The summed E-state index contributed by atoms with van der Waals surface area (Å²) in [6, 6.07) is 0. The molecule has 0 bridgehead atoms. The molecular formula is C8H5N5OS. The Morgan fingerprint density at radius 3 is 3.13 bits per heavy atom. The van der Waals surface area contributed by atoms with Gasteiger partial charge in [-0.2, -0.15) is 0 Å². The minimum absolute atomic E-state index is 0.243. The molecule has 0 aliphatic carbocycles. The van der Waals surface area contributed by atoms with Gasteiger partial charge in [0.15, 0.2) is 11.5 Å². The third-order valence-corrected chi connectivity index (χ3v) is 2.72. The fourth-order valence-electron chi connectivity index (χ4n) is 1.31. The van der Waals surface area contributed by atoms with Gasteiger partial charge in [-0.25, -0.2) is 15.0 Å². The van der Waals surface area contributed by atoms with E-state index in [0.717, 1.165) is 0 Å². The van der Waals surface area contributed by atoms with Gasteiger partial charge in [0.25, 0.3) is 5.91 Å². The van der Waals surface area contributed by atoms with Gasteiger partial charge in [0.2, 0.25) is 0 Å². The van der Waals surface area contributed by atoms with E-state index in [1.54, 1.807) is 11.7 Å². The van der Waals surface area contributed by atoms with E-state index in [9.17, 15) is 4.79 Å². The van der Waals surface area contributed by atoms with Crippen molar-refractivity contribution in [2.75, 3.05) is 10.6 Å². The molecule has 2 aromatic heterocycles. The Labute approximate surface area is 88.4 Å². The third kappa shape index (κ3) is 1.24. The number of aromatic nitrogens is 3. The van der Waals surface area contributed by atoms with Crippen molar-refractivity contribution in [1.82, 2.24) is 15.0 Å². The molecule has 3 heterocycles. The highest BCUT2D eigenvalue weighted by Crippen LogP contribution is 2.31. The predicted molar refractivity (Wildman–Crippen MR) is 55.4 cm³/mol.